The maximum absolute atomic E-state index is 11.9. The third kappa shape index (κ3) is 5.17. The summed E-state index contributed by atoms with van der Waals surface area (Å²) in [6, 6.07) is 8.65. The summed E-state index contributed by atoms with van der Waals surface area (Å²) in [5.41, 5.74) is 2.36. The zero-order valence-corrected chi connectivity index (χ0v) is 16.1. The molecule has 2 rings (SSSR count). The van der Waals surface area contributed by atoms with E-state index in [1.54, 1.807) is 11.8 Å². The molecule has 0 amide bonds. The molecule has 0 spiro atoms. The molecule has 0 unspecified atom stereocenters. The van der Waals surface area contributed by atoms with E-state index in [4.69, 9.17) is 0 Å². The molecule has 0 bridgehead atoms. The van der Waals surface area contributed by atoms with E-state index in [2.05, 4.69) is 40.9 Å². The van der Waals surface area contributed by atoms with Crippen molar-refractivity contribution in [2.45, 2.75) is 13.0 Å². The summed E-state index contributed by atoms with van der Waals surface area (Å²) >= 11 is 0. The zero-order chi connectivity index (χ0) is 17.7. The van der Waals surface area contributed by atoms with Crippen LogP contribution in [0.3, 0.4) is 0 Å². The number of benzene rings is 1. The Morgan fingerprint density at radius 2 is 1.71 bits per heavy atom. The van der Waals surface area contributed by atoms with E-state index in [9.17, 15) is 8.42 Å². The fourth-order valence-corrected chi connectivity index (χ4v) is 3.79. The molecule has 1 saturated heterocycles. The molecular weight excluding hydrogens is 324 g/mol. The maximum atomic E-state index is 11.9. The van der Waals surface area contributed by atoms with Crippen molar-refractivity contribution in [3.63, 3.8) is 0 Å². The van der Waals surface area contributed by atoms with Gasteiger partial charge < -0.3 is 14.7 Å². The first-order chi connectivity index (χ1) is 11.3. The van der Waals surface area contributed by atoms with Gasteiger partial charge in [0, 0.05) is 25.3 Å². The summed E-state index contributed by atoms with van der Waals surface area (Å²) in [7, 11) is 3.10. The van der Waals surface area contributed by atoms with Crippen molar-refractivity contribution in [1.82, 2.24) is 4.72 Å². The number of quaternary nitrogens is 2. The Balaban J connectivity index is 2.18. The van der Waals surface area contributed by atoms with Crippen LogP contribution in [0.4, 0.5) is 5.69 Å². The number of nitrogens with one attached hydrogen (secondary N) is 3. The van der Waals surface area contributed by atoms with Crippen molar-refractivity contribution >= 4 is 15.7 Å². The van der Waals surface area contributed by atoms with Gasteiger partial charge in [0.25, 0.3) is 0 Å². The number of hydrogen-bond acceptors (Lipinski definition) is 3. The van der Waals surface area contributed by atoms with Crippen LogP contribution in [0.15, 0.2) is 24.3 Å². The second-order valence-corrected chi connectivity index (χ2v) is 9.00. The number of hydrogen-bond donors (Lipinski definition) is 3. The lowest BCUT2D eigenvalue weighted by atomic mass is 10.0. The largest absolute Gasteiger partial charge is 0.378 e. The average molecular weight is 357 g/mol. The van der Waals surface area contributed by atoms with Gasteiger partial charge in [-0.05, 0) is 19.1 Å². The highest BCUT2D eigenvalue weighted by Gasteiger charge is 2.30. The van der Waals surface area contributed by atoms with Gasteiger partial charge in [0.1, 0.15) is 32.2 Å². The van der Waals surface area contributed by atoms with Crippen LogP contribution in [0.1, 0.15) is 18.5 Å². The highest BCUT2D eigenvalue weighted by molar-refractivity contribution is 7.89. The Bertz CT molecular complexity index is 608. The SMILES string of the molecule is CCS(=O)(=O)NC[C@H](c1ccc(N(C)C)cc1)[NH+]1CC[NH+](C)CC1. The molecule has 136 valence electrons. The zero-order valence-electron chi connectivity index (χ0n) is 15.3. The van der Waals surface area contributed by atoms with Gasteiger partial charge >= 0.3 is 0 Å². The summed E-state index contributed by atoms with van der Waals surface area (Å²) in [5, 5.41) is 0. The van der Waals surface area contributed by atoms with Gasteiger partial charge in [0.05, 0.1) is 19.3 Å². The molecule has 1 heterocycles. The van der Waals surface area contributed by atoms with Gasteiger partial charge in [-0.1, -0.05) is 12.1 Å². The molecule has 1 fully saturated rings. The maximum Gasteiger partial charge on any atom is 0.211 e. The Morgan fingerprint density at radius 1 is 1.12 bits per heavy atom. The molecule has 1 aliphatic rings. The fraction of sp³-hybridized carbons (Fsp3) is 0.647. The first kappa shape index (κ1) is 19.2. The lowest BCUT2D eigenvalue weighted by Gasteiger charge is -2.33. The van der Waals surface area contributed by atoms with E-state index < -0.39 is 10.0 Å². The average Bonchev–Trinajstić information content (AvgIpc) is 2.57. The predicted molar refractivity (Wildman–Crippen MR) is 98.3 cm³/mol. The normalized spacial score (nSPS) is 23.0. The van der Waals surface area contributed by atoms with Gasteiger partial charge in [-0.2, -0.15) is 0 Å². The second-order valence-electron chi connectivity index (χ2n) is 6.91. The van der Waals surface area contributed by atoms with Crippen molar-refractivity contribution in [3.05, 3.63) is 29.8 Å². The van der Waals surface area contributed by atoms with Crippen molar-refractivity contribution < 1.29 is 18.2 Å². The van der Waals surface area contributed by atoms with Crippen LogP contribution in [-0.2, 0) is 10.0 Å². The molecule has 0 aliphatic carbocycles. The Kier molecular flexibility index (Phi) is 6.62. The summed E-state index contributed by atoms with van der Waals surface area (Å²) < 4.78 is 26.6. The van der Waals surface area contributed by atoms with Crippen molar-refractivity contribution in [3.8, 4) is 0 Å². The quantitative estimate of drug-likeness (QED) is 0.537. The molecule has 1 atom stereocenters. The van der Waals surface area contributed by atoms with E-state index in [0.717, 1.165) is 31.9 Å². The highest BCUT2D eigenvalue weighted by Crippen LogP contribution is 2.16. The van der Waals surface area contributed by atoms with Gasteiger partial charge in [0.2, 0.25) is 10.0 Å². The van der Waals surface area contributed by atoms with E-state index in [1.807, 2.05) is 14.1 Å². The van der Waals surface area contributed by atoms with Crippen LogP contribution >= 0.6 is 0 Å². The summed E-state index contributed by atoms with van der Waals surface area (Å²) in [6.07, 6.45) is 0. The molecule has 1 aromatic carbocycles. The molecule has 0 aromatic heterocycles. The van der Waals surface area contributed by atoms with Gasteiger partial charge in [-0.3, -0.25) is 0 Å². The van der Waals surface area contributed by atoms with Crippen LogP contribution < -0.4 is 19.4 Å². The molecule has 0 saturated carbocycles. The first-order valence-corrected chi connectivity index (χ1v) is 10.4. The lowest BCUT2D eigenvalue weighted by Crippen LogP contribution is -3.27. The van der Waals surface area contributed by atoms with E-state index in [-0.39, 0.29) is 11.8 Å². The minimum Gasteiger partial charge on any atom is -0.378 e. The predicted octanol–water partition coefficient (Wildman–Crippen LogP) is -1.85. The summed E-state index contributed by atoms with van der Waals surface area (Å²) in [6.45, 7) is 6.53. The van der Waals surface area contributed by atoms with Gasteiger partial charge in [-0.15, -0.1) is 0 Å². The van der Waals surface area contributed by atoms with Crippen molar-refractivity contribution in [1.29, 1.82) is 0 Å². The molecule has 6 nitrogen and oxygen atoms in total. The van der Waals surface area contributed by atoms with Crippen LogP contribution in [0, 0.1) is 0 Å². The standard InChI is InChI=1S/C17H30N4O2S/c1-5-24(22,23)18-14-17(21-12-10-20(4)11-13-21)15-6-8-16(9-7-15)19(2)3/h6-9,17-18H,5,10-14H2,1-4H3/p+2/t17-/m1/s1. The van der Waals surface area contributed by atoms with Crippen molar-refractivity contribution in [2.24, 2.45) is 0 Å². The first-order valence-electron chi connectivity index (χ1n) is 8.73. The van der Waals surface area contributed by atoms with Gasteiger partial charge in [0.15, 0.2) is 0 Å². The number of sulfonamides is 1. The van der Waals surface area contributed by atoms with E-state index in [0.29, 0.717) is 6.54 Å². The second kappa shape index (κ2) is 8.29. The third-order valence-corrected chi connectivity index (χ3v) is 6.30. The lowest BCUT2D eigenvalue weighted by molar-refractivity contribution is -1.02. The number of likely N-dealkylation sites (N-methyl/N-ethyl adjacent to an activating group) is 1. The smallest absolute Gasteiger partial charge is 0.211 e. The van der Waals surface area contributed by atoms with Gasteiger partial charge in [-0.25, -0.2) is 13.1 Å². The summed E-state index contributed by atoms with van der Waals surface area (Å²) in [5.74, 6) is 0.126. The topological polar surface area (TPSA) is 58.3 Å². The van der Waals surface area contributed by atoms with Crippen LogP contribution in [0.5, 0.6) is 0 Å². The number of nitrogens with zero attached hydrogens (tertiary/aromatic N) is 1. The fourth-order valence-electron chi connectivity index (χ4n) is 3.16. The number of rotatable bonds is 7. The number of piperazine rings is 1. The minimum atomic E-state index is -3.17. The van der Waals surface area contributed by atoms with E-state index in [1.165, 1.54) is 10.5 Å². The molecule has 24 heavy (non-hydrogen) atoms. The number of anilines is 1. The Hall–Kier alpha value is -1.15. The highest BCUT2D eigenvalue weighted by atomic mass is 32.2. The van der Waals surface area contributed by atoms with Crippen molar-refractivity contribution in [2.75, 3.05) is 64.5 Å². The molecule has 1 aromatic rings. The minimum absolute atomic E-state index is 0.126. The Labute approximate surface area is 146 Å². The van der Waals surface area contributed by atoms with E-state index >= 15 is 0 Å². The third-order valence-electron chi connectivity index (χ3n) is 4.94. The monoisotopic (exact) mass is 356 g/mol. The van der Waals surface area contributed by atoms with Crippen LogP contribution in [0.25, 0.3) is 0 Å². The molecular formula is C17H32N4O2S+2. The Morgan fingerprint density at radius 3 is 2.21 bits per heavy atom. The van der Waals surface area contributed by atoms with Crippen LogP contribution in [-0.4, -0.2) is 68.0 Å². The molecule has 7 heteroatoms. The van der Waals surface area contributed by atoms with Crippen LogP contribution in [0.2, 0.25) is 0 Å². The summed E-state index contributed by atoms with van der Waals surface area (Å²) in [4.78, 5) is 5.09. The molecule has 1 aliphatic heterocycles. The molecule has 3 N–H and O–H groups in total. The molecule has 0 radical (unpaired) electrons.